The quantitative estimate of drug-likeness (QED) is 0.0411. The van der Waals surface area contributed by atoms with Gasteiger partial charge in [0.2, 0.25) is 0 Å². The van der Waals surface area contributed by atoms with E-state index >= 15 is 0 Å². The summed E-state index contributed by atoms with van der Waals surface area (Å²) in [5.74, 6) is -2.49. The van der Waals surface area contributed by atoms with Gasteiger partial charge in [-0.2, -0.15) is 8.42 Å². The minimum atomic E-state index is -4.26. The summed E-state index contributed by atoms with van der Waals surface area (Å²) in [6, 6.07) is 0. The molecule has 0 spiro atoms. The Kier molecular flexibility index (Phi) is 39.8. The van der Waals surface area contributed by atoms with E-state index in [2.05, 4.69) is 13.8 Å². The smallest absolute Gasteiger partial charge is 1.00 e. The van der Waals surface area contributed by atoms with Crippen LogP contribution in [0, 0.1) is 0 Å². The van der Waals surface area contributed by atoms with Gasteiger partial charge < -0.3 is 11.3 Å². The Bertz CT molecular complexity index is 663. The summed E-state index contributed by atoms with van der Waals surface area (Å²) < 4.78 is 33.9. The molecule has 0 heterocycles. The van der Waals surface area contributed by atoms with E-state index in [9.17, 15) is 18.0 Å². The van der Waals surface area contributed by atoms with E-state index < -0.39 is 27.8 Å². The van der Waals surface area contributed by atoms with E-state index in [4.69, 9.17) is 14.4 Å². The number of aliphatic carboxylic acids is 1. The number of carboxylic acids is 1. The second-order valence-corrected chi connectivity index (χ2v) is 12.7. The molecule has 0 amide bonds. The molecule has 0 aliphatic rings. The van der Waals surface area contributed by atoms with Crippen molar-refractivity contribution in [1.82, 2.24) is 0 Å². The second-order valence-electron chi connectivity index (χ2n) is 11.2. The molecular weight excluding hydrogens is 551 g/mol. The van der Waals surface area contributed by atoms with Crippen molar-refractivity contribution in [2.75, 3.05) is 12.4 Å². The molecule has 0 unspecified atom stereocenters. The first kappa shape index (κ1) is 45.3. The Morgan fingerprint density at radius 2 is 0.854 bits per heavy atom. The normalized spacial score (nSPS) is 10.9. The molecule has 0 aromatic heterocycles. The first-order valence-electron chi connectivity index (χ1n) is 16.6. The summed E-state index contributed by atoms with van der Waals surface area (Å²) in [5.41, 5.74) is 0. The maximum atomic E-state index is 11.0. The van der Waals surface area contributed by atoms with Crippen LogP contribution in [0.1, 0.15) is 182 Å². The van der Waals surface area contributed by atoms with Crippen molar-refractivity contribution in [3.8, 4) is 0 Å². The number of carbonyl (C=O) groups excluding carboxylic acids is 1. The molecule has 2 N–H and O–H groups in total. The van der Waals surface area contributed by atoms with Crippen LogP contribution in [-0.4, -0.2) is 42.4 Å². The molecule has 41 heavy (non-hydrogen) atoms. The second kappa shape index (κ2) is 36.0. The van der Waals surface area contributed by atoms with Crippen LogP contribution in [0.25, 0.3) is 0 Å². The standard InChI is InChI=1S/C18H36O2.C14H28O5S.Na.H/c1-2-3-4-5-6-7-8-9-10-11-12-13-14-15-16-17-18(19)20;1-2-3-4-5-6-7-8-9-10-11-12-19-14(15)13-20(16,17)18;;/h2-17H2,1H3,(H,19,20);2-13H2,1H3,(H,16,17,18);;/q;;+1;-1. The number of carboxylic acid groups (broad SMARTS) is 1. The van der Waals surface area contributed by atoms with Crippen LogP contribution in [0.2, 0.25) is 0 Å². The fourth-order valence-corrected chi connectivity index (χ4v) is 4.99. The molecule has 0 fully saturated rings. The minimum absolute atomic E-state index is 0. The molecule has 7 nitrogen and oxygen atoms in total. The molecule has 0 aromatic rings. The fraction of sp³-hybridized carbons (Fsp3) is 0.938. The number of rotatable bonds is 29. The Morgan fingerprint density at radius 1 is 0.561 bits per heavy atom. The van der Waals surface area contributed by atoms with Crippen molar-refractivity contribution in [2.24, 2.45) is 0 Å². The summed E-state index contributed by atoms with van der Waals surface area (Å²) in [7, 11) is -4.26. The monoisotopic (exact) mass is 616 g/mol. The van der Waals surface area contributed by atoms with E-state index in [0.717, 1.165) is 32.1 Å². The molecule has 0 aliphatic carbocycles. The molecule has 0 saturated carbocycles. The van der Waals surface area contributed by atoms with Gasteiger partial charge in [-0.25, -0.2) is 0 Å². The molecule has 242 valence electrons. The summed E-state index contributed by atoms with van der Waals surface area (Å²) in [4.78, 5) is 21.3. The zero-order valence-electron chi connectivity index (χ0n) is 28.1. The van der Waals surface area contributed by atoms with Crippen LogP contribution >= 0.6 is 0 Å². The van der Waals surface area contributed by atoms with Gasteiger partial charge >= 0.3 is 41.5 Å². The van der Waals surface area contributed by atoms with Gasteiger partial charge in [-0.3, -0.25) is 14.1 Å². The summed E-state index contributed by atoms with van der Waals surface area (Å²) >= 11 is 0. The van der Waals surface area contributed by atoms with Crippen LogP contribution in [0.5, 0.6) is 0 Å². The molecule has 0 atom stereocenters. The SMILES string of the molecule is CCCCCCCCCCCCCCCCCC(=O)O.CCCCCCCCCCCCOC(=O)CS(=O)(=O)O.[H-].[Na+]. The first-order chi connectivity index (χ1) is 19.2. The van der Waals surface area contributed by atoms with Crippen molar-refractivity contribution in [3.05, 3.63) is 0 Å². The molecule has 0 saturated heterocycles. The average molecular weight is 617 g/mol. The molecule has 0 radical (unpaired) electrons. The van der Waals surface area contributed by atoms with Gasteiger partial charge in [0.1, 0.15) is 0 Å². The number of hydrogen-bond acceptors (Lipinski definition) is 5. The molecule has 0 aliphatic heterocycles. The predicted molar refractivity (Wildman–Crippen MR) is 168 cm³/mol. The molecule has 0 aromatic carbocycles. The van der Waals surface area contributed by atoms with Crippen LogP contribution in [-0.2, 0) is 24.4 Å². The van der Waals surface area contributed by atoms with Gasteiger partial charge in [-0.15, -0.1) is 0 Å². The van der Waals surface area contributed by atoms with Crippen molar-refractivity contribution in [1.29, 1.82) is 0 Å². The van der Waals surface area contributed by atoms with Crippen molar-refractivity contribution < 1.29 is 63.4 Å². The van der Waals surface area contributed by atoms with Gasteiger partial charge in [0.05, 0.1) is 6.61 Å². The zero-order chi connectivity index (χ0) is 30.2. The maximum Gasteiger partial charge on any atom is 1.00 e. The van der Waals surface area contributed by atoms with Gasteiger partial charge in [0, 0.05) is 6.42 Å². The van der Waals surface area contributed by atoms with E-state index in [1.54, 1.807) is 0 Å². The third-order valence-electron chi connectivity index (χ3n) is 7.06. The number of esters is 1. The molecule has 9 heteroatoms. The number of unbranched alkanes of at least 4 members (excludes halogenated alkanes) is 23. The van der Waals surface area contributed by atoms with Crippen LogP contribution in [0.3, 0.4) is 0 Å². The van der Waals surface area contributed by atoms with Crippen molar-refractivity contribution in [2.45, 2.75) is 181 Å². The average Bonchev–Trinajstić information content (AvgIpc) is 2.88. The third kappa shape index (κ3) is 47.0. The molecule has 0 bridgehead atoms. The van der Waals surface area contributed by atoms with Crippen molar-refractivity contribution >= 4 is 22.1 Å². The van der Waals surface area contributed by atoms with E-state index in [0.29, 0.717) is 6.42 Å². The zero-order valence-corrected chi connectivity index (χ0v) is 30.0. The largest absolute Gasteiger partial charge is 1.00 e. The summed E-state index contributed by atoms with van der Waals surface area (Å²) in [6.45, 7) is 4.71. The fourth-order valence-electron chi connectivity index (χ4n) is 4.61. The predicted octanol–water partition coefficient (Wildman–Crippen LogP) is 6.79. The molecule has 0 rings (SSSR count). The maximum absolute atomic E-state index is 11.0. The van der Waals surface area contributed by atoms with Crippen LogP contribution in [0.15, 0.2) is 0 Å². The Balaban J connectivity index is -0.000000328. The topological polar surface area (TPSA) is 118 Å². The van der Waals surface area contributed by atoms with Gasteiger partial charge in [0.25, 0.3) is 10.1 Å². The summed E-state index contributed by atoms with van der Waals surface area (Å²) in [6.07, 6.45) is 32.0. The Hall–Kier alpha value is -0.150. The van der Waals surface area contributed by atoms with E-state index in [-0.39, 0.29) is 37.6 Å². The van der Waals surface area contributed by atoms with Crippen LogP contribution in [0.4, 0.5) is 0 Å². The van der Waals surface area contributed by atoms with Crippen LogP contribution < -0.4 is 29.6 Å². The van der Waals surface area contributed by atoms with Gasteiger partial charge in [-0.1, -0.05) is 162 Å². The molecular formula is C32H65NaO7S. The first-order valence-corrected chi connectivity index (χ1v) is 18.2. The van der Waals surface area contributed by atoms with Gasteiger partial charge in [-0.05, 0) is 12.8 Å². The number of carbonyl (C=O) groups is 2. The minimum Gasteiger partial charge on any atom is -1.00 e. The Labute approximate surface area is 277 Å². The van der Waals surface area contributed by atoms with E-state index in [1.165, 1.54) is 128 Å². The van der Waals surface area contributed by atoms with Gasteiger partial charge in [0.15, 0.2) is 5.75 Å². The van der Waals surface area contributed by atoms with E-state index in [1.807, 2.05) is 0 Å². The summed E-state index contributed by atoms with van der Waals surface area (Å²) in [5, 5.41) is 8.52. The number of hydrogen-bond donors (Lipinski definition) is 2. The third-order valence-corrected chi connectivity index (χ3v) is 7.66. The van der Waals surface area contributed by atoms with Crippen molar-refractivity contribution in [3.63, 3.8) is 0 Å². The number of ether oxygens (including phenoxy) is 1. The Morgan fingerprint density at radius 3 is 1.15 bits per heavy atom.